The average Bonchev–Trinajstić information content (AvgIpc) is 2.88. The van der Waals surface area contributed by atoms with Gasteiger partial charge >= 0.3 is 0 Å². The minimum absolute atomic E-state index is 0.0437. The zero-order chi connectivity index (χ0) is 16.3. The lowest BCUT2D eigenvalue weighted by atomic mass is 9.99. The van der Waals surface area contributed by atoms with Crippen molar-refractivity contribution in [3.8, 4) is 0 Å². The van der Waals surface area contributed by atoms with E-state index in [1.165, 1.54) is 5.56 Å². The Hall–Kier alpha value is -1.26. The van der Waals surface area contributed by atoms with Crippen molar-refractivity contribution in [2.45, 2.75) is 51.3 Å². The SMILES string of the molecule is CC(=O)C1=CCN([S@](=O)C(C)(C)C)[C@@H]1CCc1ccccc1. The number of carbonyl (C=O) groups is 1. The van der Waals surface area contributed by atoms with Crippen molar-refractivity contribution in [2.24, 2.45) is 0 Å². The van der Waals surface area contributed by atoms with Crippen molar-refractivity contribution in [3.63, 3.8) is 0 Å². The van der Waals surface area contributed by atoms with Crippen molar-refractivity contribution in [1.82, 2.24) is 4.31 Å². The molecular formula is C18H25NO2S. The van der Waals surface area contributed by atoms with Crippen LogP contribution in [0.2, 0.25) is 0 Å². The van der Waals surface area contributed by atoms with Crippen molar-refractivity contribution in [2.75, 3.05) is 6.54 Å². The molecule has 1 aliphatic heterocycles. The zero-order valence-corrected chi connectivity index (χ0v) is 14.7. The van der Waals surface area contributed by atoms with Crippen LogP contribution in [0.4, 0.5) is 0 Å². The fraction of sp³-hybridized carbons (Fsp3) is 0.500. The molecule has 0 spiro atoms. The van der Waals surface area contributed by atoms with Crippen LogP contribution in [0.25, 0.3) is 0 Å². The van der Waals surface area contributed by atoms with Crippen LogP contribution in [0.1, 0.15) is 39.7 Å². The number of carbonyl (C=O) groups excluding carboxylic acids is 1. The van der Waals surface area contributed by atoms with Gasteiger partial charge in [0.05, 0.1) is 10.8 Å². The van der Waals surface area contributed by atoms with Gasteiger partial charge in [0.1, 0.15) is 11.0 Å². The molecule has 0 fully saturated rings. The fourth-order valence-corrected chi connectivity index (χ4v) is 4.13. The van der Waals surface area contributed by atoms with Crippen molar-refractivity contribution < 1.29 is 9.00 Å². The third-order valence-corrected chi connectivity index (χ3v) is 5.77. The molecule has 0 aromatic heterocycles. The van der Waals surface area contributed by atoms with Gasteiger partial charge in [0.15, 0.2) is 5.78 Å². The van der Waals surface area contributed by atoms with E-state index in [9.17, 15) is 9.00 Å². The third kappa shape index (κ3) is 3.93. The summed E-state index contributed by atoms with van der Waals surface area (Å²) in [5.74, 6) is 0.0893. The maximum Gasteiger partial charge on any atom is 0.157 e. The van der Waals surface area contributed by atoms with Crippen LogP contribution in [-0.2, 0) is 22.2 Å². The van der Waals surface area contributed by atoms with Gasteiger partial charge in [0, 0.05) is 12.1 Å². The van der Waals surface area contributed by atoms with Gasteiger partial charge in [0.25, 0.3) is 0 Å². The molecule has 22 heavy (non-hydrogen) atoms. The summed E-state index contributed by atoms with van der Waals surface area (Å²) < 4.78 is 14.4. The molecule has 0 saturated carbocycles. The maximum atomic E-state index is 12.7. The molecule has 0 N–H and O–H groups in total. The van der Waals surface area contributed by atoms with Crippen molar-refractivity contribution >= 4 is 16.8 Å². The van der Waals surface area contributed by atoms with E-state index in [-0.39, 0.29) is 16.6 Å². The first-order valence-corrected chi connectivity index (χ1v) is 8.85. The lowest BCUT2D eigenvalue weighted by Crippen LogP contribution is -2.42. The van der Waals surface area contributed by atoms with Gasteiger partial charge in [-0.15, -0.1) is 0 Å². The Balaban J connectivity index is 2.15. The van der Waals surface area contributed by atoms with Gasteiger partial charge in [-0.2, -0.15) is 0 Å². The molecule has 0 unspecified atom stereocenters. The molecule has 120 valence electrons. The molecule has 1 aromatic rings. The smallest absolute Gasteiger partial charge is 0.157 e. The van der Waals surface area contributed by atoms with Gasteiger partial charge < -0.3 is 0 Å². The predicted molar refractivity (Wildman–Crippen MR) is 91.9 cm³/mol. The Labute approximate surface area is 136 Å². The number of hydrogen-bond donors (Lipinski definition) is 0. The Morgan fingerprint density at radius 1 is 1.27 bits per heavy atom. The topological polar surface area (TPSA) is 37.4 Å². The lowest BCUT2D eigenvalue weighted by molar-refractivity contribution is -0.113. The van der Waals surface area contributed by atoms with Crippen LogP contribution in [0.3, 0.4) is 0 Å². The molecule has 1 heterocycles. The van der Waals surface area contributed by atoms with E-state index in [1.54, 1.807) is 6.92 Å². The normalized spacial score (nSPS) is 20.7. The van der Waals surface area contributed by atoms with E-state index in [1.807, 2.05) is 49.4 Å². The highest BCUT2D eigenvalue weighted by Crippen LogP contribution is 2.29. The van der Waals surface area contributed by atoms with Crippen molar-refractivity contribution in [1.29, 1.82) is 0 Å². The first-order chi connectivity index (χ1) is 10.3. The number of aryl methyl sites for hydroxylation is 1. The number of ketones is 1. The van der Waals surface area contributed by atoms with E-state index < -0.39 is 11.0 Å². The second-order valence-corrected chi connectivity index (χ2v) is 8.91. The average molecular weight is 319 g/mol. The van der Waals surface area contributed by atoms with E-state index in [2.05, 4.69) is 12.1 Å². The maximum absolute atomic E-state index is 12.7. The first-order valence-electron chi connectivity index (χ1n) is 7.74. The monoisotopic (exact) mass is 319 g/mol. The molecule has 2 atom stereocenters. The van der Waals surface area contributed by atoms with Crippen LogP contribution in [0.15, 0.2) is 42.0 Å². The Morgan fingerprint density at radius 2 is 1.91 bits per heavy atom. The van der Waals surface area contributed by atoms with Crippen LogP contribution >= 0.6 is 0 Å². The molecule has 0 bridgehead atoms. The molecule has 1 aliphatic rings. The van der Waals surface area contributed by atoms with E-state index in [0.29, 0.717) is 6.54 Å². The molecule has 4 heteroatoms. The number of rotatable bonds is 5. The molecule has 0 saturated heterocycles. The number of benzene rings is 1. The van der Waals surface area contributed by atoms with Gasteiger partial charge in [-0.25, -0.2) is 8.51 Å². The van der Waals surface area contributed by atoms with Crippen molar-refractivity contribution in [3.05, 3.63) is 47.5 Å². The molecule has 1 aromatic carbocycles. The highest BCUT2D eigenvalue weighted by molar-refractivity contribution is 7.84. The van der Waals surface area contributed by atoms with Gasteiger partial charge in [0.2, 0.25) is 0 Å². The number of hydrogen-bond acceptors (Lipinski definition) is 2. The Bertz CT molecular complexity index is 587. The molecule has 0 radical (unpaired) electrons. The summed E-state index contributed by atoms with van der Waals surface area (Å²) in [5, 5.41) is 0. The number of nitrogens with zero attached hydrogens (tertiary/aromatic N) is 1. The molecule has 0 aliphatic carbocycles. The fourth-order valence-electron chi connectivity index (χ4n) is 2.77. The summed E-state index contributed by atoms with van der Waals surface area (Å²) >= 11 is 0. The standard InChI is InChI=1S/C18H25NO2S/c1-14(20)16-12-13-19(22(21)18(2,3)4)17(16)11-10-15-8-6-5-7-9-15/h5-9,12,17H,10-11,13H2,1-4H3/t17-,22-/m1/s1. The van der Waals surface area contributed by atoms with Crippen LogP contribution in [-0.4, -0.2) is 31.6 Å². The lowest BCUT2D eigenvalue weighted by Gasteiger charge is -2.31. The van der Waals surface area contributed by atoms with E-state index in [4.69, 9.17) is 0 Å². The van der Waals surface area contributed by atoms with Gasteiger partial charge in [-0.1, -0.05) is 36.4 Å². The molecule has 2 rings (SSSR count). The van der Waals surface area contributed by atoms with E-state index >= 15 is 0 Å². The quantitative estimate of drug-likeness (QED) is 0.835. The minimum Gasteiger partial charge on any atom is -0.295 e. The Morgan fingerprint density at radius 3 is 2.45 bits per heavy atom. The minimum atomic E-state index is -1.11. The second-order valence-electron chi connectivity index (χ2n) is 6.72. The summed E-state index contributed by atoms with van der Waals surface area (Å²) in [6.45, 7) is 8.12. The summed E-state index contributed by atoms with van der Waals surface area (Å²) in [6.07, 6.45) is 3.65. The highest BCUT2D eigenvalue weighted by atomic mass is 32.2. The Kier molecular flexibility index (Phi) is 5.35. The van der Waals surface area contributed by atoms with Crippen LogP contribution < -0.4 is 0 Å². The summed E-state index contributed by atoms with van der Waals surface area (Å²) in [4.78, 5) is 11.9. The summed E-state index contributed by atoms with van der Waals surface area (Å²) in [5.41, 5.74) is 2.06. The zero-order valence-electron chi connectivity index (χ0n) is 13.8. The predicted octanol–water partition coefficient (Wildman–Crippen LogP) is 3.28. The molecule has 0 amide bonds. The largest absolute Gasteiger partial charge is 0.295 e. The highest BCUT2D eigenvalue weighted by Gasteiger charge is 2.37. The summed E-state index contributed by atoms with van der Waals surface area (Å²) in [7, 11) is -1.11. The number of Topliss-reactive ketones (excluding diaryl/α,β-unsaturated/α-hetero) is 1. The summed E-state index contributed by atoms with van der Waals surface area (Å²) in [6, 6.07) is 10.2. The third-order valence-electron chi connectivity index (χ3n) is 3.89. The van der Waals surface area contributed by atoms with Gasteiger partial charge in [-0.3, -0.25) is 4.79 Å². The molecular weight excluding hydrogens is 294 g/mol. The second kappa shape index (κ2) is 6.88. The molecule has 3 nitrogen and oxygen atoms in total. The van der Waals surface area contributed by atoms with E-state index in [0.717, 1.165) is 18.4 Å². The van der Waals surface area contributed by atoms with Crippen LogP contribution in [0.5, 0.6) is 0 Å². The first kappa shape index (κ1) is 17.1. The van der Waals surface area contributed by atoms with Crippen LogP contribution in [0, 0.1) is 0 Å². The van der Waals surface area contributed by atoms with Gasteiger partial charge in [-0.05, 0) is 46.1 Å².